The molecular formula is C19H19F4N3O6. The largest absolute Gasteiger partial charge is 0.481 e. The molecule has 0 aromatic carbocycles. The van der Waals surface area contributed by atoms with Crippen LogP contribution in [0.1, 0.15) is 48.0 Å². The number of carboxylic acids is 1. The lowest BCUT2D eigenvalue weighted by atomic mass is 9.83. The van der Waals surface area contributed by atoms with Gasteiger partial charge in [0.2, 0.25) is 5.89 Å². The number of carbonyl (C=O) groups is 2. The Bertz CT molecular complexity index is 1040. The fraction of sp³-hybridized carbons (Fsp3) is 0.526. The van der Waals surface area contributed by atoms with Gasteiger partial charge in [-0.15, -0.1) is 0 Å². The third kappa shape index (κ3) is 4.42. The molecule has 1 unspecified atom stereocenters. The number of rotatable bonds is 8. The summed E-state index contributed by atoms with van der Waals surface area (Å²) in [5.41, 5.74) is -4.73. The number of hydrogen-bond donors (Lipinski definition) is 1. The number of alkyl halides is 4. The molecule has 174 valence electrons. The van der Waals surface area contributed by atoms with Crippen molar-refractivity contribution in [2.24, 2.45) is 0 Å². The van der Waals surface area contributed by atoms with Crippen molar-refractivity contribution in [2.75, 3.05) is 13.2 Å². The van der Waals surface area contributed by atoms with Crippen LogP contribution in [0.3, 0.4) is 0 Å². The van der Waals surface area contributed by atoms with E-state index in [0.29, 0.717) is 0 Å². The summed E-state index contributed by atoms with van der Waals surface area (Å²) in [7, 11) is 0. The molecule has 1 fully saturated rings. The highest BCUT2D eigenvalue weighted by atomic mass is 19.4. The minimum Gasteiger partial charge on any atom is -0.481 e. The first kappa shape index (κ1) is 23.6. The van der Waals surface area contributed by atoms with Crippen molar-refractivity contribution in [3.63, 3.8) is 0 Å². The standard InChI is InChI=1S/C19H19F4N3O6/c1-9(19(21,22)23)31-14-4-12(24-6-11(14)18(20)7-30-8-18)13(27)5-17(3,16(28)29)15-25-10(2)32-26-15/h4,6,9H,5,7-8H2,1-3H3,(H,28,29)/t9-,17?/m0/s1. The Morgan fingerprint density at radius 3 is 2.47 bits per heavy atom. The number of hydrogen-bond acceptors (Lipinski definition) is 8. The summed E-state index contributed by atoms with van der Waals surface area (Å²) in [4.78, 5) is 32.4. The van der Waals surface area contributed by atoms with Gasteiger partial charge in [-0.3, -0.25) is 14.6 Å². The van der Waals surface area contributed by atoms with Crippen LogP contribution in [0.15, 0.2) is 16.8 Å². The second-order valence-corrected chi connectivity index (χ2v) is 7.70. The highest BCUT2D eigenvalue weighted by molar-refractivity contribution is 5.99. The van der Waals surface area contributed by atoms with Crippen LogP contribution in [-0.4, -0.2) is 57.5 Å². The van der Waals surface area contributed by atoms with Crippen molar-refractivity contribution in [1.29, 1.82) is 0 Å². The molecule has 0 saturated carbocycles. The van der Waals surface area contributed by atoms with Crippen molar-refractivity contribution in [1.82, 2.24) is 15.1 Å². The Morgan fingerprint density at radius 1 is 1.34 bits per heavy atom. The van der Waals surface area contributed by atoms with E-state index in [1.54, 1.807) is 0 Å². The predicted octanol–water partition coefficient (Wildman–Crippen LogP) is 2.91. The molecule has 0 spiro atoms. The summed E-state index contributed by atoms with van der Waals surface area (Å²) in [6.45, 7) is 2.54. The molecule has 1 N–H and O–H groups in total. The number of carbonyl (C=O) groups excluding carboxylic acids is 1. The first-order valence-electron chi connectivity index (χ1n) is 9.34. The van der Waals surface area contributed by atoms with E-state index in [9.17, 15) is 32.3 Å². The smallest absolute Gasteiger partial charge is 0.425 e. The molecular weight excluding hydrogens is 442 g/mol. The Balaban J connectivity index is 1.95. The molecule has 3 heterocycles. The predicted molar refractivity (Wildman–Crippen MR) is 97.0 cm³/mol. The molecule has 1 aliphatic heterocycles. The highest BCUT2D eigenvalue weighted by Crippen LogP contribution is 2.40. The minimum absolute atomic E-state index is 0.0789. The zero-order chi connectivity index (χ0) is 23.9. The third-order valence-corrected chi connectivity index (χ3v) is 5.07. The fourth-order valence-corrected chi connectivity index (χ4v) is 2.90. The monoisotopic (exact) mass is 461 g/mol. The Morgan fingerprint density at radius 2 is 2.00 bits per heavy atom. The number of carboxylic acid groups (broad SMARTS) is 1. The molecule has 2 atom stereocenters. The molecule has 0 radical (unpaired) electrons. The highest BCUT2D eigenvalue weighted by Gasteiger charge is 2.46. The second kappa shape index (κ2) is 8.11. The molecule has 2 aromatic heterocycles. The van der Waals surface area contributed by atoms with Crippen molar-refractivity contribution < 1.29 is 46.3 Å². The SMILES string of the molecule is Cc1nc(C(C)(CC(=O)c2cc(O[C@@H](C)C(F)(F)F)c(C3(F)COC3)cn2)C(=O)O)no1. The van der Waals surface area contributed by atoms with Crippen molar-refractivity contribution >= 4 is 11.8 Å². The molecule has 0 bridgehead atoms. The van der Waals surface area contributed by atoms with E-state index in [2.05, 4.69) is 15.1 Å². The van der Waals surface area contributed by atoms with Crippen LogP contribution >= 0.6 is 0 Å². The minimum atomic E-state index is -4.75. The van der Waals surface area contributed by atoms with E-state index in [0.717, 1.165) is 19.2 Å². The lowest BCUT2D eigenvalue weighted by molar-refractivity contribution is -0.190. The number of nitrogens with zero attached hydrogens (tertiary/aromatic N) is 3. The maximum absolute atomic E-state index is 14.9. The molecule has 0 aliphatic carbocycles. The second-order valence-electron chi connectivity index (χ2n) is 7.70. The van der Waals surface area contributed by atoms with Crippen molar-refractivity contribution in [3.8, 4) is 5.75 Å². The number of Topliss-reactive ketones (excluding diaryl/α,β-unsaturated/α-hetero) is 1. The molecule has 1 saturated heterocycles. The van der Waals surface area contributed by atoms with Gasteiger partial charge in [0.25, 0.3) is 0 Å². The van der Waals surface area contributed by atoms with Gasteiger partial charge in [0.15, 0.2) is 23.4 Å². The summed E-state index contributed by atoms with van der Waals surface area (Å²) < 4.78 is 68.4. The van der Waals surface area contributed by atoms with Crippen LogP contribution in [0.4, 0.5) is 17.6 Å². The normalized spacial score (nSPS) is 18.3. The number of aryl methyl sites for hydroxylation is 1. The van der Waals surface area contributed by atoms with Gasteiger partial charge in [-0.05, 0) is 13.8 Å². The number of pyridine rings is 1. The number of halogens is 4. The van der Waals surface area contributed by atoms with E-state index in [1.165, 1.54) is 13.8 Å². The number of ketones is 1. The molecule has 2 aromatic rings. The van der Waals surface area contributed by atoms with Gasteiger partial charge in [-0.1, -0.05) is 5.16 Å². The summed E-state index contributed by atoms with van der Waals surface area (Å²) >= 11 is 0. The molecule has 3 rings (SSSR count). The van der Waals surface area contributed by atoms with E-state index in [-0.39, 0.29) is 17.3 Å². The number of aromatic nitrogens is 3. The fourth-order valence-electron chi connectivity index (χ4n) is 2.90. The lowest BCUT2D eigenvalue weighted by Gasteiger charge is -2.35. The molecule has 9 nitrogen and oxygen atoms in total. The maximum atomic E-state index is 14.9. The molecule has 32 heavy (non-hydrogen) atoms. The molecule has 1 aliphatic rings. The van der Waals surface area contributed by atoms with Gasteiger partial charge in [0.1, 0.15) is 16.9 Å². The topological polar surface area (TPSA) is 125 Å². The van der Waals surface area contributed by atoms with Gasteiger partial charge >= 0.3 is 12.1 Å². The summed E-state index contributed by atoms with van der Waals surface area (Å²) in [5.74, 6) is -3.00. The Hall–Kier alpha value is -3.09. The average molecular weight is 461 g/mol. The van der Waals surface area contributed by atoms with Crippen LogP contribution in [0, 0.1) is 6.92 Å². The van der Waals surface area contributed by atoms with Gasteiger partial charge in [-0.25, -0.2) is 4.39 Å². The van der Waals surface area contributed by atoms with Crippen molar-refractivity contribution in [2.45, 2.75) is 50.6 Å². The van der Waals surface area contributed by atoms with Gasteiger partial charge in [0, 0.05) is 25.6 Å². The molecule has 13 heteroatoms. The summed E-state index contributed by atoms with van der Waals surface area (Å²) in [6.07, 6.45) is -6.85. The van der Waals surface area contributed by atoms with Gasteiger partial charge in [0.05, 0.1) is 18.8 Å². The first-order valence-corrected chi connectivity index (χ1v) is 9.34. The van der Waals surface area contributed by atoms with Crippen molar-refractivity contribution in [3.05, 3.63) is 35.2 Å². The maximum Gasteiger partial charge on any atom is 0.425 e. The van der Waals surface area contributed by atoms with Gasteiger partial charge in [-0.2, -0.15) is 18.2 Å². The average Bonchev–Trinajstić information content (AvgIpc) is 3.12. The summed E-state index contributed by atoms with van der Waals surface area (Å²) in [6, 6.07) is 0.864. The van der Waals surface area contributed by atoms with E-state index < -0.39 is 66.2 Å². The third-order valence-electron chi connectivity index (χ3n) is 5.07. The van der Waals surface area contributed by atoms with Crippen LogP contribution in [0.2, 0.25) is 0 Å². The summed E-state index contributed by atoms with van der Waals surface area (Å²) in [5, 5.41) is 13.2. The number of ether oxygens (including phenoxy) is 2. The zero-order valence-corrected chi connectivity index (χ0v) is 17.2. The Labute approximate surface area is 178 Å². The number of aliphatic carboxylic acids is 1. The molecule has 0 amide bonds. The van der Waals surface area contributed by atoms with Crippen LogP contribution < -0.4 is 4.74 Å². The van der Waals surface area contributed by atoms with Gasteiger partial charge < -0.3 is 19.1 Å². The van der Waals surface area contributed by atoms with Crippen LogP contribution in [0.25, 0.3) is 0 Å². The first-order chi connectivity index (χ1) is 14.8. The zero-order valence-electron chi connectivity index (χ0n) is 17.2. The van der Waals surface area contributed by atoms with E-state index in [1.807, 2.05) is 0 Å². The van der Waals surface area contributed by atoms with Crippen LogP contribution in [0.5, 0.6) is 5.75 Å². The lowest BCUT2D eigenvalue weighted by Crippen LogP contribution is -2.43. The van der Waals surface area contributed by atoms with E-state index >= 15 is 0 Å². The van der Waals surface area contributed by atoms with E-state index in [4.69, 9.17) is 14.0 Å². The van der Waals surface area contributed by atoms with Crippen LogP contribution in [-0.2, 0) is 20.6 Å². The quantitative estimate of drug-likeness (QED) is 0.467. The Kier molecular flexibility index (Phi) is 5.98.